The van der Waals surface area contributed by atoms with Crippen molar-refractivity contribution >= 4 is 40.6 Å². The van der Waals surface area contributed by atoms with Crippen molar-refractivity contribution in [2.45, 2.75) is 26.3 Å². The number of urea groups is 1. The fourth-order valence-corrected chi connectivity index (χ4v) is 4.42. The molecule has 1 fully saturated rings. The Bertz CT molecular complexity index is 781. The first-order chi connectivity index (χ1) is 13.1. The van der Waals surface area contributed by atoms with Crippen molar-refractivity contribution in [2.24, 2.45) is 5.92 Å². The molecular weight excluding hydrogens is 382 g/mol. The molecule has 1 aliphatic rings. The molecule has 1 N–H and O–H groups in total. The van der Waals surface area contributed by atoms with Crippen LogP contribution in [-0.2, 0) is 11.3 Å². The highest BCUT2D eigenvalue weighted by molar-refractivity contribution is 7.16. The molecular formula is C20H24ClN3O2S. The zero-order valence-corrected chi connectivity index (χ0v) is 16.9. The van der Waals surface area contributed by atoms with Gasteiger partial charge in [-0.1, -0.05) is 29.8 Å². The Hall–Kier alpha value is -2.05. The number of hydrogen-bond donors (Lipinski definition) is 1. The van der Waals surface area contributed by atoms with Gasteiger partial charge in [-0.15, -0.1) is 11.3 Å². The highest BCUT2D eigenvalue weighted by atomic mass is 35.5. The number of benzene rings is 1. The first-order valence-electron chi connectivity index (χ1n) is 9.20. The second kappa shape index (κ2) is 9.24. The minimum absolute atomic E-state index is 0.110. The number of para-hydroxylation sites is 1. The quantitative estimate of drug-likeness (QED) is 0.784. The predicted molar refractivity (Wildman–Crippen MR) is 110 cm³/mol. The van der Waals surface area contributed by atoms with Crippen molar-refractivity contribution in [3.8, 4) is 0 Å². The summed E-state index contributed by atoms with van der Waals surface area (Å²) in [4.78, 5) is 30.2. The number of hydrogen-bond acceptors (Lipinski definition) is 3. The van der Waals surface area contributed by atoms with Gasteiger partial charge in [0.15, 0.2) is 0 Å². The molecule has 0 bridgehead atoms. The third-order valence-electron chi connectivity index (χ3n) is 4.75. The van der Waals surface area contributed by atoms with E-state index in [1.54, 1.807) is 4.90 Å². The third kappa shape index (κ3) is 5.23. The first-order valence-corrected chi connectivity index (χ1v) is 10.4. The molecule has 2 aromatic rings. The highest BCUT2D eigenvalue weighted by Gasteiger charge is 2.31. The first kappa shape index (κ1) is 19.7. The molecule has 1 unspecified atom stereocenters. The van der Waals surface area contributed by atoms with Crippen LogP contribution in [0.2, 0.25) is 4.34 Å². The Kier molecular flexibility index (Phi) is 6.74. The molecule has 3 rings (SSSR count). The molecule has 1 aromatic carbocycles. The number of thiophene rings is 1. The molecule has 7 heteroatoms. The van der Waals surface area contributed by atoms with E-state index in [1.807, 2.05) is 54.3 Å². The molecule has 1 saturated heterocycles. The van der Waals surface area contributed by atoms with Gasteiger partial charge >= 0.3 is 6.03 Å². The van der Waals surface area contributed by atoms with Crippen molar-refractivity contribution in [1.29, 1.82) is 0 Å². The van der Waals surface area contributed by atoms with E-state index in [-0.39, 0.29) is 17.9 Å². The minimum atomic E-state index is -0.157. The minimum Gasteiger partial charge on any atom is -0.338 e. The molecule has 0 spiro atoms. The lowest BCUT2D eigenvalue weighted by molar-refractivity contribution is -0.137. The van der Waals surface area contributed by atoms with Gasteiger partial charge in [0.2, 0.25) is 5.91 Å². The van der Waals surface area contributed by atoms with Crippen LogP contribution in [0, 0.1) is 5.92 Å². The third-order valence-corrected chi connectivity index (χ3v) is 5.97. The van der Waals surface area contributed by atoms with E-state index in [1.165, 1.54) is 11.3 Å². The van der Waals surface area contributed by atoms with Gasteiger partial charge in [0.1, 0.15) is 0 Å². The summed E-state index contributed by atoms with van der Waals surface area (Å²) in [5.41, 5.74) is 0.765. The predicted octanol–water partition coefficient (Wildman–Crippen LogP) is 4.69. The van der Waals surface area contributed by atoms with E-state index in [2.05, 4.69) is 5.32 Å². The molecule has 0 aliphatic carbocycles. The molecule has 5 nitrogen and oxygen atoms in total. The lowest BCUT2D eigenvalue weighted by atomic mass is 9.96. The summed E-state index contributed by atoms with van der Waals surface area (Å²) in [7, 11) is 0. The zero-order chi connectivity index (χ0) is 19.2. The summed E-state index contributed by atoms with van der Waals surface area (Å²) < 4.78 is 0.731. The lowest BCUT2D eigenvalue weighted by Gasteiger charge is -2.34. The van der Waals surface area contributed by atoms with Crippen LogP contribution in [0.4, 0.5) is 10.5 Å². The number of halogens is 1. The van der Waals surface area contributed by atoms with Crippen LogP contribution in [0.5, 0.6) is 0 Å². The van der Waals surface area contributed by atoms with Gasteiger partial charge in [-0.2, -0.15) is 0 Å². The molecule has 144 valence electrons. The molecule has 0 radical (unpaired) electrons. The maximum atomic E-state index is 13.0. The number of carbonyl (C=O) groups is 2. The Morgan fingerprint density at radius 2 is 2.04 bits per heavy atom. The number of piperidine rings is 1. The van der Waals surface area contributed by atoms with Crippen LogP contribution in [0.25, 0.3) is 0 Å². The Morgan fingerprint density at radius 3 is 2.70 bits per heavy atom. The number of anilines is 1. The second-order valence-electron chi connectivity index (χ2n) is 6.64. The van der Waals surface area contributed by atoms with E-state index < -0.39 is 0 Å². The maximum absolute atomic E-state index is 13.0. The average molecular weight is 406 g/mol. The zero-order valence-electron chi connectivity index (χ0n) is 15.4. The second-order valence-corrected chi connectivity index (χ2v) is 8.44. The van der Waals surface area contributed by atoms with Crippen molar-refractivity contribution in [3.05, 3.63) is 51.7 Å². The van der Waals surface area contributed by atoms with E-state index in [4.69, 9.17) is 11.6 Å². The van der Waals surface area contributed by atoms with Crippen LogP contribution in [0.3, 0.4) is 0 Å². The lowest BCUT2D eigenvalue weighted by Crippen LogP contribution is -2.47. The van der Waals surface area contributed by atoms with E-state index in [9.17, 15) is 9.59 Å². The van der Waals surface area contributed by atoms with E-state index >= 15 is 0 Å². The number of carbonyl (C=O) groups excluding carboxylic acids is 2. The van der Waals surface area contributed by atoms with Gasteiger partial charge in [-0.05, 0) is 44.0 Å². The SMILES string of the molecule is CCN(Cc1ccc(Cl)s1)C(=O)C1CCCN(C(=O)Nc2ccccc2)C1. The van der Waals surface area contributed by atoms with Crippen LogP contribution in [0.1, 0.15) is 24.6 Å². The topological polar surface area (TPSA) is 52.7 Å². The number of nitrogens with one attached hydrogen (secondary N) is 1. The highest BCUT2D eigenvalue weighted by Crippen LogP contribution is 2.25. The smallest absolute Gasteiger partial charge is 0.321 e. The summed E-state index contributed by atoms with van der Waals surface area (Å²) in [6.07, 6.45) is 1.65. The van der Waals surface area contributed by atoms with Crippen LogP contribution in [0.15, 0.2) is 42.5 Å². The van der Waals surface area contributed by atoms with Gasteiger partial charge in [0, 0.05) is 30.2 Å². The number of rotatable bonds is 5. The molecule has 2 heterocycles. The van der Waals surface area contributed by atoms with Gasteiger partial charge in [-0.3, -0.25) is 4.79 Å². The summed E-state index contributed by atoms with van der Waals surface area (Å²) in [5, 5.41) is 2.91. The fraction of sp³-hybridized carbons (Fsp3) is 0.400. The number of likely N-dealkylation sites (tertiary alicyclic amines) is 1. The normalized spacial score (nSPS) is 16.8. The summed E-state index contributed by atoms with van der Waals surface area (Å²) in [6, 6.07) is 13.1. The van der Waals surface area contributed by atoms with Crippen molar-refractivity contribution in [2.75, 3.05) is 25.0 Å². The van der Waals surface area contributed by atoms with Crippen molar-refractivity contribution in [1.82, 2.24) is 9.80 Å². The molecule has 1 atom stereocenters. The Morgan fingerprint density at radius 1 is 1.26 bits per heavy atom. The molecule has 27 heavy (non-hydrogen) atoms. The summed E-state index contributed by atoms with van der Waals surface area (Å²) >= 11 is 7.50. The summed E-state index contributed by atoms with van der Waals surface area (Å²) in [5.74, 6) is -0.0464. The van der Waals surface area contributed by atoms with Crippen molar-refractivity contribution in [3.63, 3.8) is 0 Å². The standard InChI is InChI=1S/C20H24ClN3O2S/c1-2-23(14-17-10-11-18(21)27-17)19(25)15-7-6-12-24(13-15)20(26)22-16-8-4-3-5-9-16/h3-5,8-11,15H,2,6-7,12-14H2,1H3,(H,22,26). The molecule has 3 amide bonds. The monoisotopic (exact) mass is 405 g/mol. The van der Waals surface area contributed by atoms with Crippen LogP contribution in [-0.4, -0.2) is 41.4 Å². The van der Waals surface area contributed by atoms with Gasteiger partial charge < -0.3 is 15.1 Å². The van der Waals surface area contributed by atoms with Gasteiger partial charge in [-0.25, -0.2) is 4.79 Å². The Balaban J connectivity index is 1.60. The Labute approximate surface area is 168 Å². The molecule has 0 saturated carbocycles. The van der Waals surface area contributed by atoms with E-state index in [0.717, 1.165) is 27.7 Å². The molecule has 1 aliphatic heterocycles. The maximum Gasteiger partial charge on any atom is 0.321 e. The number of amides is 3. The van der Waals surface area contributed by atoms with Crippen LogP contribution < -0.4 is 5.32 Å². The fourth-order valence-electron chi connectivity index (χ4n) is 3.32. The largest absolute Gasteiger partial charge is 0.338 e. The molecule has 1 aromatic heterocycles. The number of nitrogens with zero attached hydrogens (tertiary/aromatic N) is 2. The van der Waals surface area contributed by atoms with Gasteiger partial charge in [0.25, 0.3) is 0 Å². The van der Waals surface area contributed by atoms with E-state index in [0.29, 0.717) is 26.2 Å². The van der Waals surface area contributed by atoms with Crippen LogP contribution >= 0.6 is 22.9 Å². The summed E-state index contributed by atoms with van der Waals surface area (Å²) in [6.45, 7) is 4.32. The van der Waals surface area contributed by atoms with Gasteiger partial charge in [0.05, 0.1) is 16.8 Å². The van der Waals surface area contributed by atoms with Crippen molar-refractivity contribution < 1.29 is 9.59 Å². The average Bonchev–Trinajstić information content (AvgIpc) is 3.11.